The van der Waals surface area contributed by atoms with Crippen molar-refractivity contribution in [1.29, 1.82) is 5.26 Å². The molecule has 2 aliphatic rings. The molecule has 0 aromatic carbocycles. The van der Waals surface area contributed by atoms with Crippen LogP contribution >= 0.6 is 0 Å². The number of nitriles is 1. The largest absolute Gasteiger partial charge is 0.367 e. The summed E-state index contributed by atoms with van der Waals surface area (Å²) in [5, 5.41) is 19.8. The molecule has 0 aliphatic heterocycles. The van der Waals surface area contributed by atoms with Crippen LogP contribution in [0.25, 0.3) is 0 Å². The fourth-order valence-corrected chi connectivity index (χ4v) is 3.03. The van der Waals surface area contributed by atoms with Crippen LogP contribution in [0.15, 0.2) is 12.4 Å². The van der Waals surface area contributed by atoms with E-state index in [9.17, 15) is 14.0 Å². The zero-order valence-electron chi connectivity index (χ0n) is 15.4. The van der Waals surface area contributed by atoms with Gasteiger partial charge in [-0.05, 0) is 33.1 Å². The Hall–Kier alpha value is -2.76. The minimum atomic E-state index is -3.02. The molecule has 2 aliphatic carbocycles. The average Bonchev–Trinajstić information content (AvgIpc) is 3.49. The van der Waals surface area contributed by atoms with Crippen LogP contribution in [0.4, 0.5) is 26.2 Å². The first-order valence-corrected chi connectivity index (χ1v) is 8.95. The smallest absolute Gasteiger partial charge is 0.275 e. The summed E-state index contributed by atoms with van der Waals surface area (Å²) >= 11 is 0. The van der Waals surface area contributed by atoms with Gasteiger partial charge in [0.15, 0.2) is 0 Å². The maximum absolute atomic E-state index is 13.8. The topological polar surface area (TPSA) is 91.5 Å². The summed E-state index contributed by atoms with van der Waals surface area (Å²) in [6.45, 7) is 4.58. The van der Waals surface area contributed by atoms with Crippen molar-refractivity contribution in [1.82, 2.24) is 19.7 Å². The van der Waals surface area contributed by atoms with Crippen LogP contribution in [0.3, 0.4) is 0 Å². The Bertz CT molecular complexity index is 923. The van der Waals surface area contributed by atoms with Gasteiger partial charge in [-0.25, -0.2) is 13.8 Å². The second-order valence-corrected chi connectivity index (χ2v) is 7.75. The second-order valence-electron chi connectivity index (χ2n) is 7.75. The fraction of sp³-hybridized carbons (Fsp3) is 0.556. The molecular weight excluding hydrogens is 352 g/mol. The minimum absolute atomic E-state index is 0.0471. The molecule has 9 heteroatoms. The van der Waals surface area contributed by atoms with Gasteiger partial charge in [-0.2, -0.15) is 15.3 Å². The van der Waals surface area contributed by atoms with Crippen LogP contribution in [0, 0.1) is 23.7 Å². The van der Waals surface area contributed by atoms with E-state index in [0.717, 1.165) is 38.1 Å². The molecule has 2 aromatic rings. The number of anilines is 3. The van der Waals surface area contributed by atoms with Gasteiger partial charge in [0.05, 0.1) is 34.5 Å². The van der Waals surface area contributed by atoms with Crippen LogP contribution in [0.5, 0.6) is 0 Å². The van der Waals surface area contributed by atoms with E-state index in [1.807, 2.05) is 20.0 Å². The first kappa shape index (κ1) is 17.6. The molecule has 27 heavy (non-hydrogen) atoms. The number of nitrogens with zero attached hydrogens (tertiary/aromatic N) is 5. The molecule has 0 saturated heterocycles. The van der Waals surface area contributed by atoms with Crippen molar-refractivity contribution < 1.29 is 8.78 Å². The molecule has 2 aromatic heterocycles. The van der Waals surface area contributed by atoms with Crippen LogP contribution < -0.4 is 10.6 Å². The van der Waals surface area contributed by atoms with Gasteiger partial charge in [0.2, 0.25) is 5.95 Å². The normalized spacial score (nSPS) is 24.4. The van der Waals surface area contributed by atoms with E-state index < -0.39 is 5.92 Å². The highest BCUT2D eigenvalue weighted by molar-refractivity contribution is 5.58. The van der Waals surface area contributed by atoms with Crippen molar-refractivity contribution in [2.24, 2.45) is 5.41 Å². The molecule has 142 valence electrons. The third kappa shape index (κ3) is 3.44. The Balaban J connectivity index is 1.58. The SMILES string of the molecule is Cc1nn([C@@H]2C[C@]2(C)C#N)cc1Nc1ncc(C(C)(F)F)c(NC2CC2)n1. The molecule has 4 rings (SSSR count). The minimum Gasteiger partial charge on any atom is -0.367 e. The maximum atomic E-state index is 13.8. The number of halogens is 2. The van der Waals surface area contributed by atoms with Gasteiger partial charge in [-0.1, -0.05) is 0 Å². The molecule has 2 atom stereocenters. The lowest BCUT2D eigenvalue weighted by atomic mass is 10.2. The summed E-state index contributed by atoms with van der Waals surface area (Å²) in [7, 11) is 0. The van der Waals surface area contributed by atoms with E-state index in [-0.39, 0.29) is 34.8 Å². The van der Waals surface area contributed by atoms with Crippen molar-refractivity contribution in [3.05, 3.63) is 23.7 Å². The standard InChI is InChI=1S/C18H21F2N7/c1-10-13(8-27(26-10)14-6-17(14,2)9-21)24-16-22-7-12(18(3,19)20)15(25-16)23-11-4-5-11/h7-8,11,14H,4-6H2,1-3H3,(H2,22,23,24,25)/t14-,17-/m1/s1. The summed E-state index contributed by atoms with van der Waals surface area (Å²) in [4.78, 5) is 8.32. The molecule has 0 spiro atoms. The predicted octanol–water partition coefficient (Wildman–Crippen LogP) is 3.89. The number of rotatable bonds is 6. The van der Waals surface area contributed by atoms with Crippen LogP contribution in [-0.2, 0) is 5.92 Å². The molecule has 2 saturated carbocycles. The van der Waals surface area contributed by atoms with E-state index in [1.54, 1.807) is 4.68 Å². The third-order valence-corrected chi connectivity index (χ3v) is 5.11. The molecule has 0 amide bonds. The van der Waals surface area contributed by atoms with Crippen molar-refractivity contribution >= 4 is 17.5 Å². The van der Waals surface area contributed by atoms with E-state index >= 15 is 0 Å². The molecule has 2 fully saturated rings. The second kappa shape index (κ2) is 5.87. The lowest BCUT2D eigenvalue weighted by molar-refractivity contribution is 0.0176. The Morgan fingerprint density at radius 1 is 1.41 bits per heavy atom. The zero-order valence-corrected chi connectivity index (χ0v) is 15.4. The number of aryl methyl sites for hydroxylation is 1. The first-order valence-electron chi connectivity index (χ1n) is 8.95. The molecule has 7 nitrogen and oxygen atoms in total. The van der Waals surface area contributed by atoms with E-state index in [2.05, 4.69) is 31.8 Å². The highest BCUT2D eigenvalue weighted by Crippen LogP contribution is 2.55. The Labute approximate surface area is 155 Å². The van der Waals surface area contributed by atoms with Gasteiger partial charge in [0.25, 0.3) is 5.92 Å². The molecule has 2 heterocycles. The summed E-state index contributed by atoms with van der Waals surface area (Å²) in [6, 6.07) is 2.55. The summed E-state index contributed by atoms with van der Waals surface area (Å²) < 4.78 is 29.4. The van der Waals surface area contributed by atoms with E-state index in [4.69, 9.17) is 0 Å². The summed E-state index contributed by atoms with van der Waals surface area (Å²) in [6.07, 6.45) is 5.63. The third-order valence-electron chi connectivity index (χ3n) is 5.11. The number of alkyl halides is 2. The molecule has 0 radical (unpaired) electrons. The Morgan fingerprint density at radius 2 is 2.15 bits per heavy atom. The number of nitrogens with one attached hydrogen (secondary N) is 2. The van der Waals surface area contributed by atoms with Crippen molar-refractivity contribution in [2.75, 3.05) is 10.6 Å². The maximum Gasteiger partial charge on any atom is 0.275 e. The quantitative estimate of drug-likeness (QED) is 0.798. The highest BCUT2D eigenvalue weighted by Gasteiger charge is 2.53. The fourth-order valence-electron chi connectivity index (χ4n) is 3.03. The average molecular weight is 373 g/mol. The lowest BCUT2D eigenvalue weighted by Gasteiger charge is -2.16. The predicted molar refractivity (Wildman–Crippen MR) is 95.9 cm³/mol. The van der Waals surface area contributed by atoms with Gasteiger partial charge < -0.3 is 10.6 Å². The van der Waals surface area contributed by atoms with Crippen LogP contribution in [0.2, 0.25) is 0 Å². The van der Waals surface area contributed by atoms with Crippen molar-refractivity contribution in [2.45, 2.75) is 58.0 Å². The number of aromatic nitrogens is 4. The van der Waals surface area contributed by atoms with Gasteiger partial charge >= 0.3 is 0 Å². The van der Waals surface area contributed by atoms with E-state index in [0.29, 0.717) is 5.69 Å². The molecule has 2 N–H and O–H groups in total. The van der Waals surface area contributed by atoms with Crippen LogP contribution in [0.1, 0.15) is 50.4 Å². The zero-order chi connectivity index (χ0) is 19.4. The number of hydrogen-bond acceptors (Lipinski definition) is 6. The molecular formula is C18H21F2N7. The number of hydrogen-bond donors (Lipinski definition) is 2. The highest BCUT2D eigenvalue weighted by atomic mass is 19.3. The lowest BCUT2D eigenvalue weighted by Crippen LogP contribution is -2.16. The first-order chi connectivity index (χ1) is 12.7. The Morgan fingerprint density at radius 3 is 2.74 bits per heavy atom. The molecule has 0 bridgehead atoms. The van der Waals surface area contributed by atoms with Gasteiger partial charge in [0, 0.05) is 25.4 Å². The van der Waals surface area contributed by atoms with Crippen molar-refractivity contribution in [3.8, 4) is 6.07 Å². The summed E-state index contributed by atoms with van der Waals surface area (Å²) in [5.74, 6) is -2.64. The Kier molecular flexibility index (Phi) is 3.84. The van der Waals surface area contributed by atoms with Gasteiger partial charge in [-0.3, -0.25) is 4.68 Å². The van der Waals surface area contributed by atoms with E-state index in [1.165, 1.54) is 0 Å². The molecule has 0 unspecified atom stereocenters. The monoisotopic (exact) mass is 373 g/mol. The van der Waals surface area contributed by atoms with Gasteiger partial charge in [-0.15, -0.1) is 0 Å². The van der Waals surface area contributed by atoms with Gasteiger partial charge in [0.1, 0.15) is 5.82 Å². The summed E-state index contributed by atoms with van der Waals surface area (Å²) in [5.41, 5.74) is 0.820. The van der Waals surface area contributed by atoms with Crippen LogP contribution in [-0.4, -0.2) is 25.8 Å². The van der Waals surface area contributed by atoms with Crippen molar-refractivity contribution in [3.63, 3.8) is 0 Å².